The number of carbonyl (C=O) groups excluding carboxylic acids is 2. The maximum atomic E-state index is 13.5. The highest BCUT2D eigenvalue weighted by Crippen LogP contribution is 2.65. The highest BCUT2D eigenvalue weighted by atomic mass is 32.1. The summed E-state index contributed by atoms with van der Waals surface area (Å²) in [5, 5.41) is 3.88. The predicted molar refractivity (Wildman–Crippen MR) is 104 cm³/mol. The third-order valence-electron chi connectivity index (χ3n) is 7.53. The van der Waals surface area contributed by atoms with Gasteiger partial charge in [0.2, 0.25) is 11.7 Å². The van der Waals surface area contributed by atoms with E-state index in [0.29, 0.717) is 40.7 Å². The van der Waals surface area contributed by atoms with Crippen LogP contribution in [0.4, 0.5) is 5.00 Å². The van der Waals surface area contributed by atoms with E-state index in [0.717, 1.165) is 23.3 Å². The van der Waals surface area contributed by atoms with Crippen molar-refractivity contribution in [2.75, 3.05) is 5.32 Å². The van der Waals surface area contributed by atoms with E-state index < -0.39 is 0 Å². The number of amides is 1. The van der Waals surface area contributed by atoms with E-state index in [1.165, 1.54) is 36.9 Å². The Balaban J connectivity index is 1.37. The lowest BCUT2D eigenvalue weighted by atomic mass is 9.75. The summed E-state index contributed by atoms with van der Waals surface area (Å²) in [6.45, 7) is 2.45. The number of nitrogens with one attached hydrogen (secondary N) is 1. The minimum absolute atomic E-state index is 0.129. The summed E-state index contributed by atoms with van der Waals surface area (Å²) in [6, 6.07) is 3.39. The number of carbonyl (C=O) groups is 2. The molecule has 6 heteroatoms. The summed E-state index contributed by atoms with van der Waals surface area (Å²) >= 11 is 1.49. The molecule has 2 aromatic heterocycles. The van der Waals surface area contributed by atoms with Crippen molar-refractivity contribution in [3.05, 3.63) is 40.2 Å². The van der Waals surface area contributed by atoms with Gasteiger partial charge in [0.15, 0.2) is 5.76 Å². The second-order valence-corrected chi connectivity index (χ2v) is 10.2. The summed E-state index contributed by atoms with van der Waals surface area (Å²) < 4.78 is 11.1. The van der Waals surface area contributed by atoms with Crippen molar-refractivity contribution in [1.29, 1.82) is 0 Å². The van der Waals surface area contributed by atoms with Crippen LogP contribution in [0.15, 0.2) is 22.8 Å². The number of furan rings is 1. The molecule has 1 N–H and O–H groups in total. The van der Waals surface area contributed by atoms with E-state index in [2.05, 4.69) is 5.32 Å². The standard InChI is InChI=1S/C22H23NO4S/c1-11-17-16(10-27-11)28-20(18(17)19(24)15-3-2-4-26-15)23-21(25)22-8-12-5-13(9-22)7-14(22)6-12/h2-4,11-14H,5-10H2,1H3,(H,23,25). The molecule has 4 fully saturated rings. The lowest BCUT2D eigenvalue weighted by Crippen LogP contribution is -2.37. The SMILES string of the molecule is CC1OCc2sc(NC(=O)C34CC5CC(CC3C5)C4)c(C(=O)c3ccco3)c21. The Hall–Kier alpha value is -1.92. The molecule has 5 nitrogen and oxygen atoms in total. The van der Waals surface area contributed by atoms with Crippen LogP contribution in [0.3, 0.4) is 0 Å². The van der Waals surface area contributed by atoms with Gasteiger partial charge in [-0.15, -0.1) is 11.3 Å². The first kappa shape index (κ1) is 17.0. The molecule has 0 aromatic carbocycles. The molecule has 4 saturated carbocycles. The highest BCUT2D eigenvalue weighted by Gasteiger charge is 2.61. The molecule has 3 atom stereocenters. The van der Waals surface area contributed by atoms with E-state index in [4.69, 9.17) is 9.15 Å². The Morgan fingerprint density at radius 2 is 2.00 bits per heavy atom. The molecule has 1 aliphatic heterocycles. The fourth-order valence-electron chi connectivity index (χ4n) is 6.55. The average Bonchev–Trinajstić information content (AvgIpc) is 3.44. The third-order valence-corrected chi connectivity index (χ3v) is 8.63. The number of hydrogen-bond acceptors (Lipinski definition) is 5. The molecule has 3 heterocycles. The van der Waals surface area contributed by atoms with Crippen molar-refractivity contribution in [2.45, 2.75) is 51.7 Å². The quantitative estimate of drug-likeness (QED) is 0.743. The Morgan fingerprint density at radius 1 is 1.21 bits per heavy atom. The third kappa shape index (κ3) is 2.22. The van der Waals surface area contributed by atoms with Crippen molar-refractivity contribution in [3.63, 3.8) is 0 Å². The van der Waals surface area contributed by atoms with Crippen LogP contribution in [-0.4, -0.2) is 11.7 Å². The van der Waals surface area contributed by atoms with Crippen molar-refractivity contribution in [1.82, 2.24) is 0 Å². The normalized spacial score (nSPS) is 34.8. The van der Waals surface area contributed by atoms with Gasteiger partial charge in [0.1, 0.15) is 5.00 Å². The topological polar surface area (TPSA) is 68.5 Å². The molecule has 4 aliphatic carbocycles. The largest absolute Gasteiger partial charge is 0.461 e. The second-order valence-electron chi connectivity index (χ2n) is 9.06. The molecule has 3 unspecified atom stereocenters. The molecule has 0 saturated heterocycles. The predicted octanol–water partition coefficient (Wildman–Crippen LogP) is 4.93. The zero-order valence-electron chi connectivity index (χ0n) is 15.8. The van der Waals surface area contributed by atoms with Gasteiger partial charge in [-0.25, -0.2) is 0 Å². The number of anilines is 1. The monoisotopic (exact) mass is 397 g/mol. The van der Waals surface area contributed by atoms with Gasteiger partial charge in [0.25, 0.3) is 0 Å². The van der Waals surface area contributed by atoms with Gasteiger partial charge in [0, 0.05) is 10.4 Å². The fourth-order valence-corrected chi connectivity index (χ4v) is 7.75. The summed E-state index contributed by atoms with van der Waals surface area (Å²) in [5.41, 5.74) is 1.26. The Bertz CT molecular complexity index is 961. The molecule has 28 heavy (non-hydrogen) atoms. The van der Waals surface area contributed by atoms with Crippen LogP contribution in [-0.2, 0) is 16.1 Å². The Morgan fingerprint density at radius 3 is 2.71 bits per heavy atom. The number of ether oxygens (including phenoxy) is 1. The number of rotatable bonds is 4. The molecule has 1 amide bonds. The minimum atomic E-state index is -0.213. The smallest absolute Gasteiger partial charge is 0.231 e. The van der Waals surface area contributed by atoms with Crippen LogP contribution >= 0.6 is 11.3 Å². The molecule has 0 spiro atoms. The molecule has 7 rings (SSSR count). The maximum absolute atomic E-state index is 13.5. The molecular weight excluding hydrogens is 374 g/mol. The van der Waals surface area contributed by atoms with Crippen LogP contribution in [0.5, 0.6) is 0 Å². The fraction of sp³-hybridized carbons (Fsp3) is 0.545. The molecule has 5 aliphatic rings. The highest BCUT2D eigenvalue weighted by molar-refractivity contribution is 7.17. The van der Waals surface area contributed by atoms with Crippen LogP contribution in [0.25, 0.3) is 0 Å². The second kappa shape index (κ2) is 5.80. The summed E-state index contributed by atoms with van der Waals surface area (Å²) in [6.07, 6.45) is 7.10. The first-order chi connectivity index (χ1) is 13.5. The maximum Gasteiger partial charge on any atom is 0.231 e. The van der Waals surface area contributed by atoms with Crippen molar-refractivity contribution >= 4 is 28.0 Å². The lowest BCUT2D eigenvalue weighted by molar-refractivity contribution is -0.127. The summed E-state index contributed by atoms with van der Waals surface area (Å²) in [5.74, 6) is 2.21. The zero-order chi connectivity index (χ0) is 19.0. The molecule has 4 bridgehead atoms. The van der Waals surface area contributed by atoms with Gasteiger partial charge in [-0.05, 0) is 68.9 Å². The van der Waals surface area contributed by atoms with Crippen LogP contribution in [0.2, 0.25) is 0 Å². The van der Waals surface area contributed by atoms with E-state index in [1.807, 2.05) is 6.92 Å². The number of thiophene rings is 1. The van der Waals surface area contributed by atoms with Gasteiger partial charge in [0.05, 0.1) is 30.0 Å². The molecular formula is C22H23NO4S. The van der Waals surface area contributed by atoms with Crippen LogP contribution < -0.4 is 5.32 Å². The Kier molecular flexibility index (Phi) is 3.52. The summed E-state index contributed by atoms with van der Waals surface area (Å²) in [7, 11) is 0. The van der Waals surface area contributed by atoms with Gasteiger partial charge in [-0.2, -0.15) is 0 Å². The average molecular weight is 397 g/mol. The van der Waals surface area contributed by atoms with E-state index in [-0.39, 0.29) is 23.2 Å². The Labute approximate surface area is 167 Å². The number of fused-ring (bicyclic) bond motifs is 1. The van der Waals surface area contributed by atoms with Gasteiger partial charge in [-0.3, -0.25) is 9.59 Å². The molecule has 2 aromatic rings. The molecule has 146 valence electrons. The van der Waals surface area contributed by atoms with Gasteiger partial charge >= 0.3 is 0 Å². The minimum Gasteiger partial charge on any atom is -0.461 e. The van der Waals surface area contributed by atoms with Crippen LogP contribution in [0, 0.1) is 23.2 Å². The number of hydrogen-bond donors (Lipinski definition) is 1. The number of ketones is 1. The lowest BCUT2D eigenvalue weighted by Gasteiger charge is -2.31. The van der Waals surface area contributed by atoms with Crippen molar-refractivity contribution in [3.8, 4) is 0 Å². The van der Waals surface area contributed by atoms with Gasteiger partial charge in [-0.1, -0.05) is 0 Å². The van der Waals surface area contributed by atoms with E-state index in [1.54, 1.807) is 12.1 Å². The molecule has 0 radical (unpaired) electrons. The van der Waals surface area contributed by atoms with E-state index >= 15 is 0 Å². The summed E-state index contributed by atoms with van der Waals surface area (Å²) in [4.78, 5) is 27.7. The van der Waals surface area contributed by atoms with Gasteiger partial charge < -0.3 is 14.5 Å². The first-order valence-corrected chi connectivity index (χ1v) is 11.0. The first-order valence-electron chi connectivity index (χ1n) is 10.2. The zero-order valence-corrected chi connectivity index (χ0v) is 16.6. The van der Waals surface area contributed by atoms with Crippen LogP contribution in [0.1, 0.15) is 71.7 Å². The van der Waals surface area contributed by atoms with Crippen molar-refractivity contribution < 1.29 is 18.7 Å². The van der Waals surface area contributed by atoms with Crippen molar-refractivity contribution in [2.24, 2.45) is 23.2 Å². The van der Waals surface area contributed by atoms with E-state index in [9.17, 15) is 9.59 Å².